The second-order valence-corrected chi connectivity index (χ2v) is 15.1. The Labute approximate surface area is 332 Å². The number of aliphatic hydroxyl groups is 1. The summed E-state index contributed by atoms with van der Waals surface area (Å²) in [4.78, 5) is 44.7. The number of nitrogens with zero attached hydrogens (tertiary/aromatic N) is 2. The molecule has 3 heterocycles. The lowest BCUT2D eigenvalue weighted by Gasteiger charge is -2.35. The van der Waals surface area contributed by atoms with Crippen molar-refractivity contribution in [3.8, 4) is 16.9 Å². The lowest BCUT2D eigenvalue weighted by Crippen LogP contribution is -2.42. The van der Waals surface area contributed by atoms with Crippen LogP contribution < -0.4 is 21.5 Å². The Morgan fingerprint density at radius 3 is 2.42 bits per heavy atom. The van der Waals surface area contributed by atoms with Crippen molar-refractivity contribution in [3.63, 3.8) is 0 Å². The van der Waals surface area contributed by atoms with E-state index in [0.717, 1.165) is 92.9 Å². The Morgan fingerprint density at radius 1 is 0.842 bits per heavy atom. The molecule has 2 aliphatic rings. The summed E-state index contributed by atoms with van der Waals surface area (Å²) in [7, 11) is 0. The number of phenols is 1. The molecule has 298 valence electrons. The highest BCUT2D eigenvalue weighted by atomic mass is 16.6. The van der Waals surface area contributed by atoms with Crippen molar-refractivity contribution in [1.29, 1.82) is 0 Å². The molecule has 2 saturated heterocycles. The van der Waals surface area contributed by atoms with Gasteiger partial charge in [-0.1, -0.05) is 66.7 Å². The number of para-hydroxylation sites is 1. The van der Waals surface area contributed by atoms with Gasteiger partial charge in [0.25, 0.3) is 0 Å². The standard InChI is InChI=1S/C45H52N6O6/c52-40-15-13-37(38-14-16-42(54)49-43(38)40)41(53)30-46-23-17-32-7-6-10-34(29-32)47-44(55)51-27-19-31(20-28-51)18-24-50-25-21-35(22-26-50)57-45(56)48-39-12-5-4-11-36(39)33-8-2-1-3-9-33/h1-16,29,31,35,41,46,52-53H,17-28,30H2,(H,47,55)(H,48,56)(H,49,54)/t41-/m0/s1. The van der Waals surface area contributed by atoms with Gasteiger partial charge in [0.15, 0.2) is 0 Å². The van der Waals surface area contributed by atoms with Crippen LogP contribution in [0.3, 0.4) is 0 Å². The first-order valence-electron chi connectivity index (χ1n) is 20.0. The summed E-state index contributed by atoms with van der Waals surface area (Å²) in [6.07, 6.45) is 4.05. The van der Waals surface area contributed by atoms with Crippen LogP contribution >= 0.6 is 0 Å². The van der Waals surface area contributed by atoms with E-state index in [2.05, 4.69) is 25.8 Å². The van der Waals surface area contributed by atoms with Crippen molar-refractivity contribution in [1.82, 2.24) is 20.1 Å². The van der Waals surface area contributed by atoms with Gasteiger partial charge in [-0.15, -0.1) is 0 Å². The van der Waals surface area contributed by atoms with Crippen LogP contribution in [0.1, 0.15) is 49.3 Å². The predicted octanol–water partition coefficient (Wildman–Crippen LogP) is 7.11. The fourth-order valence-corrected chi connectivity index (χ4v) is 7.93. The van der Waals surface area contributed by atoms with Gasteiger partial charge in [-0.2, -0.15) is 0 Å². The van der Waals surface area contributed by atoms with E-state index in [1.807, 2.05) is 83.8 Å². The Morgan fingerprint density at radius 2 is 1.61 bits per heavy atom. The molecule has 0 aliphatic carbocycles. The van der Waals surface area contributed by atoms with Gasteiger partial charge < -0.3 is 40.4 Å². The van der Waals surface area contributed by atoms with Crippen LogP contribution in [-0.4, -0.2) is 89.0 Å². The Kier molecular flexibility index (Phi) is 13.2. The van der Waals surface area contributed by atoms with Crippen LogP contribution in [0.4, 0.5) is 21.0 Å². The zero-order chi connectivity index (χ0) is 39.6. The Bertz CT molecular complexity index is 2180. The second-order valence-electron chi connectivity index (χ2n) is 15.1. The number of pyridine rings is 1. The van der Waals surface area contributed by atoms with Gasteiger partial charge in [0.05, 0.1) is 17.3 Å². The largest absolute Gasteiger partial charge is 0.506 e. The lowest BCUT2D eigenvalue weighted by atomic mass is 9.93. The average Bonchev–Trinajstić information content (AvgIpc) is 3.23. The van der Waals surface area contributed by atoms with E-state index in [9.17, 15) is 24.6 Å². The van der Waals surface area contributed by atoms with Crippen LogP contribution in [0.15, 0.2) is 108 Å². The maximum atomic E-state index is 13.2. The molecular formula is C45H52N6O6. The highest BCUT2D eigenvalue weighted by Crippen LogP contribution is 2.30. The van der Waals surface area contributed by atoms with Crippen molar-refractivity contribution in [2.24, 2.45) is 5.92 Å². The normalized spacial score (nSPS) is 16.0. The molecule has 7 rings (SSSR count). The number of benzene rings is 4. The minimum Gasteiger partial charge on any atom is -0.506 e. The van der Waals surface area contributed by atoms with E-state index >= 15 is 0 Å². The van der Waals surface area contributed by atoms with Gasteiger partial charge in [0.1, 0.15) is 11.9 Å². The molecule has 1 atom stereocenters. The molecule has 6 N–H and O–H groups in total. The van der Waals surface area contributed by atoms with Crippen LogP contribution in [0.25, 0.3) is 22.0 Å². The summed E-state index contributed by atoms with van der Waals surface area (Å²) in [5.41, 5.74) is 5.16. The van der Waals surface area contributed by atoms with Crippen LogP contribution in [0.5, 0.6) is 5.75 Å². The highest BCUT2D eigenvalue weighted by Gasteiger charge is 2.26. The molecule has 3 amide bonds. The number of hydrogen-bond acceptors (Lipinski definition) is 8. The number of phenolic OH excluding ortho intramolecular Hbond substituents is 1. The fraction of sp³-hybridized carbons (Fsp3) is 0.356. The predicted molar refractivity (Wildman–Crippen MR) is 224 cm³/mol. The number of hydrogen-bond donors (Lipinski definition) is 6. The number of aromatic hydroxyl groups is 1. The third kappa shape index (κ3) is 10.6. The number of ether oxygens (including phenoxy) is 1. The molecular weight excluding hydrogens is 721 g/mol. The molecule has 2 fully saturated rings. The molecule has 0 unspecified atom stereocenters. The van der Waals surface area contributed by atoms with E-state index in [1.165, 1.54) is 12.1 Å². The minimum absolute atomic E-state index is 0.0408. The van der Waals surface area contributed by atoms with Crippen LogP contribution in [0, 0.1) is 5.92 Å². The molecule has 4 aromatic carbocycles. The van der Waals surface area contributed by atoms with Crippen LogP contribution in [-0.2, 0) is 11.2 Å². The van der Waals surface area contributed by atoms with Gasteiger partial charge in [0.2, 0.25) is 5.56 Å². The van der Waals surface area contributed by atoms with E-state index < -0.39 is 12.2 Å². The zero-order valence-corrected chi connectivity index (χ0v) is 32.2. The second kappa shape index (κ2) is 19.0. The van der Waals surface area contributed by atoms with Gasteiger partial charge in [0, 0.05) is 55.4 Å². The summed E-state index contributed by atoms with van der Waals surface area (Å²) in [6, 6.07) is 31.6. The van der Waals surface area contributed by atoms with E-state index in [1.54, 1.807) is 12.1 Å². The number of urea groups is 1. The maximum Gasteiger partial charge on any atom is 0.411 e. The summed E-state index contributed by atoms with van der Waals surface area (Å²) < 4.78 is 5.83. The number of amides is 3. The van der Waals surface area contributed by atoms with Gasteiger partial charge in [-0.25, -0.2) is 9.59 Å². The number of fused-ring (bicyclic) bond motifs is 1. The quantitative estimate of drug-likeness (QED) is 0.0691. The van der Waals surface area contributed by atoms with E-state index in [0.29, 0.717) is 41.9 Å². The number of aliphatic hydroxyl groups excluding tert-OH is 1. The monoisotopic (exact) mass is 772 g/mol. The number of carbonyl (C=O) groups is 2. The first-order chi connectivity index (χ1) is 27.8. The molecule has 0 spiro atoms. The summed E-state index contributed by atoms with van der Waals surface area (Å²) in [5.74, 6) is 0.533. The van der Waals surface area contributed by atoms with E-state index in [-0.39, 0.29) is 23.4 Å². The van der Waals surface area contributed by atoms with Gasteiger partial charge >= 0.3 is 12.1 Å². The van der Waals surface area contributed by atoms with Crippen molar-refractivity contribution in [3.05, 3.63) is 125 Å². The average molecular weight is 773 g/mol. The minimum atomic E-state index is -0.830. The smallest absolute Gasteiger partial charge is 0.411 e. The highest BCUT2D eigenvalue weighted by molar-refractivity contribution is 5.92. The molecule has 12 heteroatoms. The number of carbonyl (C=O) groups excluding carboxylic acids is 2. The number of aromatic amines is 1. The number of piperidine rings is 2. The Hall–Kier alpha value is -5.69. The molecule has 2 aliphatic heterocycles. The maximum absolute atomic E-state index is 13.2. The zero-order valence-electron chi connectivity index (χ0n) is 32.2. The number of nitrogens with one attached hydrogen (secondary N) is 4. The van der Waals surface area contributed by atoms with Crippen molar-refractivity contribution >= 4 is 34.4 Å². The number of likely N-dealkylation sites (tertiary alicyclic amines) is 2. The molecule has 0 saturated carbocycles. The molecule has 12 nitrogen and oxygen atoms in total. The number of anilines is 2. The number of rotatable bonds is 13. The van der Waals surface area contributed by atoms with Crippen molar-refractivity contribution in [2.75, 3.05) is 56.4 Å². The molecule has 0 radical (unpaired) electrons. The molecule has 0 bridgehead atoms. The fourth-order valence-electron chi connectivity index (χ4n) is 7.93. The molecule has 5 aromatic rings. The first kappa shape index (κ1) is 39.5. The lowest BCUT2D eigenvalue weighted by molar-refractivity contribution is 0.0562. The third-order valence-electron chi connectivity index (χ3n) is 11.2. The third-order valence-corrected chi connectivity index (χ3v) is 11.2. The van der Waals surface area contributed by atoms with Gasteiger partial charge in [-0.05, 0) is 105 Å². The number of aromatic nitrogens is 1. The number of H-pyrrole nitrogens is 1. The molecule has 1 aromatic heterocycles. The summed E-state index contributed by atoms with van der Waals surface area (Å²) in [5, 5.41) is 30.9. The molecule has 57 heavy (non-hydrogen) atoms. The van der Waals surface area contributed by atoms with Crippen molar-refractivity contribution < 1.29 is 24.5 Å². The van der Waals surface area contributed by atoms with Crippen molar-refractivity contribution in [2.45, 2.75) is 50.7 Å². The Balaban J connectivity index is 0.776. The first-order valence-corrected chi connectivity index (χ1v) is 20.0. The van der Waals surface area contributed by atoms with Crippen LogP contribution in [0.2, 0.25) is 0 Å². The summed E-state index contributed by atoms with van der Waals surface area (Å²) in [6.45, 7) is 5.18. The SMILES string of the molecule is O=C(Nc1ccccc1-c1ccccc1)OC1CCN(CCC2CCN(C(=O)Nc3cccc(CCNC[C@H](O)c4ccc(O)c5[nH]c(=O)ccc45)c3)CC2)CC1. The summed E-state index contributed by atoms with van der Waals surface area (Å²) >= 11 is 0. The van der Waals surface area contributed by atoms with E-state index in [4.69, 9.17) is 4.74 Å². The van der Waals surface area contributed by atoms with Gasteiger partial charge in [-0.3, -0.25) is 10.1 Å². The topological polar surface area (TPSA) is 159 Å².